The highest BCUT2D eigenvalue weighted by atomic mass is 16.1. The van der Waals surface area contributed by atoms with Crippen LogP contribution < -0.4 is 21.1 Å². The largest absolute Gasteiger partial charge is 0.368 e. The third-order valence-electron chi connectivity index (χ3n) is 5.06. The molecule has 0 spiro atoms. The van der Waals surface area contributed by atoms with Crippen molar-refractivity contribution in [3.8, 4) is 11.1 Å². The van der Waals surface area contributed by atoms with Gasteiger partial charge in [-0.15, -0.1) is 0 Å². The van der Waals surface area contributed by atoms with Crippen molar-refractivity contribution in [2.45, 2.75) is 6.92 Å². The molecule has 0 aliphatic carbocycles. The van der Waals surface area contributed by atoms with Gasteiger partial charge in [0.2, 0.25) is 5.95 Å². The van der Waals surface area contributed by atoms with Crippen molar-refractivity contribution in [2.75, 3.05) is 41.7 Å². The molecule has 1 fully saturated rings. The molecule has 0 aromatic carbocycles. The Morgan fingerprint density at radius 3 is 2.50 bits per heavy atom. The van der Waals surface area contributed by atoms with Gasteiger partial charge in [-0.2, -0.15) is 4.98 Å². The van der Waals surface area contributed by atoms with E-state index in [-0.39, 0.29) is 11.5 Å². The van der Waals surface area contributed by atoms with Crippen LogP contribution in [0.3, 0.4) is 0 Å². The first-order chi connectivity index (χ1) is 13.5. The first-order valence-corrected chi connectivity index (χ1v) is 9.24. The molecule has 0 saturated carbocycles. The summed E-state index contributed by atoms with van der Waals surface area (Å²) in [6.45, 7) is 4.87. The van der Waals surface area contributed by atoms with Crippen molar-refractivity contribution < 1.29 is 0 Å². The van der Waals surface area contributed by atoms with Gasteiger partial charge in [0, 0.05) is 62.9 Å². The Bertz CT molecular complexity index is 1040. The zero-order valence-corrected chi connectivity index (χ0v) is 16.0. The van der Waals surface area contributed by atoms with Crippen LogP contribution in [0.2, 0.25) is 0 Å². The van der Waals surface area contributed by atoms with Crippen LogP contribution in [0, 0.1) is 6.92 Å². The number of piperazine rings is 1. The van der Waals surface area contributed by atoms with E-state index in [4.69, 9.17) is 5.73 Å². The number of aryl methyl sites for hydroxylation is 2. The van der Waals surface area contributed by atoms with Crippen molar-refractivity contribution in [3.63, 3.8) is 0 Å². The number of aromatic nitrogens is 4. The molecule has 0 radical (unpaired) electrons. The second-order valence-corrected chi connectivity index (χ2v) is 6.89. The maximum Gasteiger partial charge on any atom is 0.273 e. The Balaban J connectivity index is 1.63. The highest BCUT2D eigenvalue weighted by Crippen LogP contribution is 2.32. The summed E-state index contributed by atoms with van der Waals surface area (Å²) in [7, 11) is 1.77. The molecule has 4 rings (SSSR count). The normalized spacial score (nSPS) is 14.4. The van der Waals surface area contributed by atoms with Gasteiger partial charge in [0.25, 0.3) is 5.56 Å². The van der Waals surface area contributed by atoms with E-state index in [0.29, 0.717) is 0 Å². The summed E-state index contributed by atoms with van der Waals surface area (Å²) in [5.74, 6) is 1.08. The summed E-state index contributed by atoms with van der Waals surface area (Å²) >= 11 is 0. The van der Waals surface area contributed by atoms with Crippen molar-refractivity contribution >= 4 is 17.5 Å². The first-order valence-electron chi connectivity index (χ1n) is 9.24. The quantitative estimate of drug-likeness (QED) is 0.738. The molecule has 0 amide bonds. The summed E-state index contributed by atoms with van der Waals surface area (Å²) < 4.78 is 1.61. The van der Waals surface area contributed by atoms with Crippen molar-refractivity contribution in [2.24, 2.45) is 7.05 Å². The lowest BCUT2D eigenvalue weighted by Crippen LogP contribution is -2.48. The van der Waals surface area contributed by atoms with Crippen LogP contribution in [-0.4, -0.2) is 45.7 Å². The molecule has 4 heterocycles. The minimum absolute atomic E-state index is 0.0223. The molecular weight excluding hydrogens is 354 g/mol. The van der Waals surface area contributed by atoms with E-state index in [1.54, 1.807) is 24.0 Å². The molecule has 3 aromatic heterocycles. The fraction of sp³-hybridized carbons (Fsp3) is 0.300. The number of nitrogens with zero attached hydrogens (tertiary/aromatic N) is 6. The third kappa shape index (κ3) is 3.28. The van der Waals surface area contributed by atoms with Crippen molar-refractivity contribution in [3.05, 3.63) is 58.9 Å². The van der Waals surface area contributed by atoms with Gasteiger partial charge in [0.15, 0.2) is 0 Å². The maximum absolute atomic E-state index is 12.4. The molecule has 8 heteroatoms. The van der Waals surface area contributed by atoms with Gasteiger partial charge < -0.3 is 20.1 Å². The van der Waals surface area contributed by atoms with E-state index in [1.807, 2.05) is 37.4 Å². The molecule has 1 aliphatic rings. The lowest BCUT2D eigenvalue weighted by molar-refractivity contribution is 0.642. The highest BCUT2D eigenvalue weighted by molar-refractivity contribution is 5.78. The predicted octanol–water partition coefficient (Wildman–Crippen LogP) is 1.45. The molecule has 0 atom stereocenters. The van der Waals surface area contributed by atoms with Gasteiger partial charge in [-0.1, -0.05) is 6.07 Å². The molecule has 2 N–H and O–H groups in total. The van der Waals surface area contributed by atoms with Crippen molar-refractivity contribution in [1.29, 1.82) is 0 Å². The standard InChI is InChI=1S/C20H23N7O/c1-14-17(15-5-3-7-22-13-15)18(24-20(21)23-14)27-11-9-26(10-12-27)16-6-4-8-25(2)19(16)28/h3-8,13H,9-12H2,1-2H3,(H2,21,23,24). The van der Waals surface area contributed by atoms with Gasteiger partial charge in [0.05, 0.1) is 5.69 Å². The predicted molar refractivity (Wildman–Crippen MR) is 111 cm³/mol. The smallest absolute Gasteiger partial charge is 0.273 e. The Hall–Kier alpha value is -3.42. The third-order valence-corrected chi connectivity index (χ3v) is 5.06. The van der Waals surface area contributed by atoms with E-state index in [9.17, 15) is 4.79 Å². The van der Waals surface area contributed by atoms with Crippen molar-refractivity contribution in [1.82, 2.24) is 19.5 Å². The van der Waals surface area contributed by atoms with Gasteiger partial charge in [-0.05, 0) is 25.1 Å². The number of nitrogens with two attached hydrogens (primary N) is 1. The monoisotopic (exact) mass is 377 g/mol. The Morgan fingerprint density at radius 1 is 1.04 bits per heavy atom. The summed E-state index contributed by atoms with van der Waals surface area (Å²) in [4.78, 5) is 29.9. The molecule has 28 heavy (non-hydrogen) atoms. The number of hydrogen-bond donors (Lipinski definition) is 1. The zero-order valence-electron chi connectivity index (χ0n) is 16.0. The van der Waals surface area contributed by atoms with Crippen LogP contribution in [0.4, 0.5) is 17.5 Å². The van der Waals surface area contributed by atoms with Gasteiger partial charge in [0.1, 0.15) is 11.5 Å². The number of pyridine rings is 2. The van der Waals surface area contributed by atoms with E-state index in [0.717, 1.165) is 54.5 Å². The molecule has 0 unspecified atom stereocenters. The summed E-state index contributed by atoms with van der Waals surface area (Å²) in [5, 5.41) is 0. The molecular formula is C20H23N7O. The summed E-state index contributed by atoms with van der Waals surface area (Å²) in [5.41, 5.74) is 9.45. The fourth-order valence-corrected chi connectivity index (χ4v) is 3.64. The van der Waals surface area contributed by atoms with Gasteiger partial charge in [-0.25, -0.2) is 4.98 Å². The van der Waals surface area contributed by atoms with E-state index in [1.165, 1.54) is 0 Å². The second-order valence-electron chi connectivity index (χ2n) is 6.89. The molecule has 8 nitrogen and oxygen atoms in total. The van der Waals surface area contributed by atoms with Crippen LogP contribution in [0.1, 0.15) is 5.69 Å². The Morgan fingerprint density at radius 2 is 1.79 bits per heavy atom. The van der Waals surface area contributed by atoms with E-state index < -0.39 is 0 Å². The summed E-state index contributed by atoms with van der Waals surface area (Å²) in [6.07, 6.45) is 5.33. The Labute approximate surface area is 163 Å². The number of hydrogen-bond acceptors (Lipinski definition) is 7. The number of anilines is 3. The van der Waals surface area contributed by atoms with Crippen LogP contribution >= 0.6 is 0 Å². The minimum atomic E-state index is 0.0223. The maximum atomic E-state index is 12.4. The molecule has 0 bridgehead atoms. The van der Waals surface area contributed by atoms with Crippen LogP contribution in [-0.2, 0) is 7.05 Å². The van der Waals surface area contributed by atoms with E-state index >= 15 is 0 Å². The SMILES string of the molecule is Cc1nc(N)nc(N2CCN(c3cccn(C)c3=O)CC2)c1-c1cccnc1. The zero-order chi connectivity index (χ0) is 19.7. The lowest BCUT2D eigenvalue weighted by Gasteiger charge is -2.37. The molecule has 144 valence electrons. The van der Waals surface area contributed by atoms with Crippen LogP contribution in [0.15, 0.2) is 47.7 Å². The molecule has 3 aromatic rings. The minimum Gasteiger partial charge on any atom is -0.368 e. The average Bonchev–Trinajstić information content (AvgIpc) is 2.70. The number of rotatable bonds is 3. The van der Waals surface area contributed by atoms with Crippen LogP contribution in [0.5, 0.6) is 0 Å². The topological polar surface area (TPSA) is 93.2 Å². The second kappa shape index (κ2) is 7.30. The lowest BCUT2D eigenvalue weighted by atomic mass is 10.1. The number of nitrogen functional groups attached to an aromatic ring is 1. The molecule has 1 saturated heterocycles. The highest BCUT2D eigenvalue weighted by Gasteiger charge is 2.24. The fourth-order valence-electron chi connectivity index (χ4n) is 3.64. The first kappa shape index (κ1) is 18.0. The van der Waals surface area contributed by atoms with Gasteiger partial charge in [-0.3, -0.25) is 9.78 Å². The summed E-state index contributed by atoms with van der Waals surface area (Å²) in [6, 6.07) is 7.68. The molecule has 1 aliphatic heterocycles. The van der Waals surface area contributed by atoms with Crippen LogP contribution in [0.25, 0.3) is 11.1 Å². The Kier molecular flexibility index (Phi) is 4.68. The average molecular weight is 377 g/mol. The van der Waals surface area contributed by atoms with E-state index in [2.05, 4.69) is 24.8 Å². The van der Waals surface area contributed by atoms with Gasteiger partial charge >= 0.3 is 0 Å².